The Kier molecular flexibility index (Phi) is 3.63. The number of carbonyl (C=O) groups is 1. The largest absolute Gasteiger partial charge is 0.347 e. The molecule has 0 saturated heterocycles. The quantitative estimate of drug-likeness (QED) is 0.598. The van der Waals surface area contributed by atoms with Crippen molar-refractivity contribution < 1.29 is 4.79 Å². The standard InChI is InChI=1S/C19H15N3OS/c1-22-12-4-6-16(22)18(23)20-14-10-8-13(9-11-14)19-21-15-5-2-3-7-17(15)24-19/h2-12H,1H3,(H,20,23). The average Bonchev–Trinajstić information content (AvgIpc) is 3.21. The van der Waals surface area contributed by atoms with E-state index in [1.807, 2.05) is 61.8 Å². The van der Waals surface area contributed by atoms with Gasteiger partial charge in [0.1, 0.15) is 10.7 Å². The number of rotatable bonds is 3. The minimum absolute atomic E-state index is 0.116. The van der Waals surface area contributed by atoms with Crippen LogP contribution in [-0.2, 0) is 7.05 Å². The molecular formula is C19H15N3OS. The van der Waals surface area contributed by atoms with Crippen LogP contribution in [0.1, 0.15) is 10.5 Å². The molecule has 0 aliphatic heterocycles. The second-order valence-electron chi connectivity index (χ2n) is 5.52. The van der Waals surface area contributed by atoms with E-state index in [4.69, 9.17) is 0 Å². The first-order chi connectivity index (χ1) is 11.7. The van der Waals surface area contributed by atoms with Crippen molar-refractivity contribution in [2.45, 2.75) is 0 Å². The smallest absolute Gasteiger partial charge is 0.272 e. The first-order valence-corrected chi connectivity index (χ1v) is 8.41. The summed E-state index contributed by atoms with van der Waals surface area (Å²) in [5.41, 5.74) is 3.46. The predicted molar refractivity (Wildman–Crippen MR) is 98.4 cm³/mol. The summed E-state index contributed by atoms with van der Waals surface area (Å²) in [4.78, 5) is 16.9. The van der Waals surface area contributed by atoms with Crippen LogP contribution in [0.4, 0.5) is 5.69 Å². The number of para-hydroxylation sites is 1. The Morgan fingerprint density at radius 3 is 2.54 bits per heavy atom. The minimum atomic E-state index is -0.116. The molecule has 0 radical (unpaired) electrons. The fraction of sp³-hybridized carbons (Fsp3) is 0.0526. The maximum absolute atomic E-state index is 12.2. The SMILES string of the molecule is Cn1cccc1C(=O)Nc1ccc(-c2nc3ccccc3s2)cc1. The molecule has 4 aromatic rings. The molecule has 4 nitrogen and oxygen atoms in total. The molecule has 2 heterocycles. The second-order valence-corrected chi connectivity index (χ2v) is 6.55. The van der Waals surface area contributed by atoms with Crippen molar-refractivity contribution in [3.63, 3.8) is 0 Å². The highest BCUT2D eigenvalue weighted by atomic mass is 32.1. The normalized spacial score (nSPS) is 10.9. The summed E-state index contributed by atoms with van der Waals surface area (Å²) in [6, 6.07) is 19.5. The van der Waals surface area contributed by atoms with E-state index < -0.39 is 0 Å². The summed E-state index contributed by atoms with van der Waals surface area (Å²) < 4.78 is 2.97. The van der Waals surface area contributed by atoms with Gasteiger partial charge in [-0.2, -0.15) is 0 Å². The van der Waals surface area contributed by atoms with Crippen LogP contribution in [0.15, 0.2) is 66.9 Å². The molecule has 1 N–H and O–H groups in total. The molecular weight excluding hydrogens is 318 g/mol. The van der Waals surface area contributed by atoms with Crippen LogP contribution < -0.4 is 5.32 Å². The zero-order valence-electron chi connectivity index (χ0n) is 13.1. The molecule has 0 fully saturated rings. The monoisotopic (exact) mass is 333 g/mol. The van der Waals surface area contributed by atoms with Gasteiger partial charge < -0.3 is 9.88 Å². The van der Waals surface area contributed by atoms with Crippen molar-refractivity contribution in [1.29, 1.82) is 0 Å². The van der Waals surface area contributed by atoms with Gasteiger partial charge in [-0.15, -0.1) is 11.3 Å². The Balaban J connectivity index is 1.56. The van der Waals surface area contributed by atoms with Gasteiger partial charge in [0.25, 0.3) is 5.91 Å². The van der Waals surface area contributed by atoms with Gasteiger partial charge in [0, 0.05) is 24.5 Å². The molecule has 5 heteroatoms. The summed E-state index contributed by atoms with van der Waals surface area (Å²) in [7, 11) is 1.85. The van der Waals surface area contributed by atoms with E-state index in [1.165, 1.54) is 4.70 Å². The number of hydrogen-bond acceptors (Lipinski definition) is 3. The average molecular weight is 333 g/mol. The third-order valence-corrected chi connectivity index (χ3v) is 4.95. The number of anilines is 1. The fourth-order valence-electron chi connectivity index (χ4n) is 2.58. The number of carbonyl (C=O) groups excluding carboxylic acids is 1. The highest BCUT2D eigenvalue weighted by Crippen LogP contribution is 2.30. The summed E-state index contributed by atoms with van der Waals surface area (Å²) in [6.07, 6.45) is 1.85. The lowest BCUT2D eigenvalue weighted by molar-refractivity contribution is 0.101. The van der Waals surface area contributed by atoms with Gasteiger partial charge in [-0.3, -0.25) is 4.79 Å². The highest BCUT2D eigenvalue weighted by Gasteiger charge is 2.10. The first kappa shape index (κ1) is 14.7. The van der Waals surface area contributed by atoms with Crippen LogP contribution in [0.2, 0.25) is 0 Å². The van der Waals surface area contributed by atoms with E-state index in [-0.39, 0.29) is 5.91 Å². The van der Waals surface area contributed by atoms with Gasteiger partial charge >= 0.3 is 0 Å². The van der Waals surface area contributed by atoms with E-state index in [9.17, 15) is 4.79 Å². The lowest BCUT2D eigenvalue weighted by atomic mass is 10.2. The third-order valence-electron chi connectivity index (χ3n) is 3.86. The summed E-state index contributed by atoms with van der Waals surface area (Å²) in [5.74, 6) is -0.116. The van der Waals surface area contributed by atoms with Crippen LogP contribution in [0.25, 0.3) is 20.8 Å². The van der Waals surface area contributed by atoms with E-state index >= 15 is 0 Å². The molecule has 0 atom stereocenters. The fourth-order valence-corrected chi connectivity index (χ4v) is 3.56. The molecule has 118 valence electrons. The number of aromatic nitrogens is 2. The highest BCUT2D eigenvalue weighted by molar-refractivity contribution is 7.21. The molecule has 2 aromatic heterocycles. The number of nitrogens with zero attached hydrogens (tertiary/aromatic N) is 2. The van der Waals surface area contributed by atoms with E-state index in [1.54, 1.807) is 22.0 Å². The maximum Gasteiger partial charge on any atom is 0.272 e. The topological polar surface area (TPSA) is 46.9 Å². The van der Waals surface area contributed by atoms with Crippen molar-refractivity contribution in [2.24, 2.45) is 7.05 Å². The number of thiazole rings is 1. The van der Waals surface area contributed by atoms with Crippen LogP contribution in [-0.4, -0.2) is 15.5 Å². The molecule has 0 aliphatic carbocycles. The van der Waals surface area contributed by atoms with Gasteiger partial charge in [-0.25, -0.2) is 4.98 Å². The Morgan fingerprint density at radius 2 is 1.83 bits per heavy atom. The van der Waals surface area contributed by atoms with Gasteiger partial charge in [0.2, 0.25) is 0 Å². The lowest BCUT2D eigenvalue weighted by Gasteiger charge is -2.06. The predicted octanol–water partition coefficient (Wildman–Crippen LogP) is 4.55. The molecule has 4 rings (SSSR count). The summed E-state index contributed by atoms with van der Waals surface area (Å²) in [5, 5.41) is 3.90. The van der Waals surface area contributed by atoms with Crippen LogP contribution in [0, 0.1) is 0 Å². The zero-order chi connectivity index (χ0) is 16.5. The Labute approximate surface area is 143 Å². The van der Waals surface area contributed by atoms with Crippen molar-refractivity contribution >= 4 is 33.1 Å². The van der Waals surface area contributed by atoms with Crippen molar-refractivity contribution in [2.75, 3.05) is 5.32 Å². The molecule has 24 heavy (non-hydrogen) atoms. The number of nitrogens with one attached hydrogen (secondary N) is 1. The molecule has 0 unspecified atom stereocenters. The van der Waals surface area contributed by atoms with Gasteiger partial charge in [-0.1, -0.05) is 12.1 Å². The molecule has 2 aromatic carbocycles. The number of aryl methyl sites for hydroxylation is 1. The van der Waals surface area contributed by atoms with Gasteiger partial charge in [0.15, 0.2) is 0 Å². The zero-order valence-corrected chi connectivity index (χ0v) is 13.9. The Morgan fingerprint density at radius 1 is 1.04 bits per heavy atom. The number of benzene rings is 2. The molecule has 0 bridgehead atoms. The number of hydrogen-bond donors (Lipinski definition) is 1. The number of fused-ring (bicyclic) bond motifs is 1. The second kappa shape index (κ2) is 5.94. The van der Waals surface area contributed by atoms with E-state index in [2.05, 4.69) is 16.4 Å². The molecule has 0 spiro atoms. The maximum atomic E-state index is 12.2. The van der Waals surface area contributed by atoms with Crippen LogP contribution >= 0.6 is 11.3 Å². The summed E-state index contributed by atoms with van der Waals surface area (Å²) >= 11 is 1.67. The van der Waals surface area contributed by atoms with Crippen molar-refractivity contribution in [1.82, 2.24) is 9.55 Å². The minimum Gasteiger partial charge on any atom is -0.347 e. The van der Waals surface area contributed by atoms with Crippen LogP contribution in [0.3, 0.4) is 0 Å². The first-order valence-electron chi connectivity index (χ1n) is 7.59. The lowest BCUT2D eigenvalue weighted by Crippen LogP contribution is -2.15. The third kappa shape index (κ3) is 2.70. The Hall–Kier alpha value is -2.92. The van der Waals surface area contributed by atoms with Crippen LogP contribution in [0.5, 0.6) is 0 Å². The summed E-state index contributed by atoms with van der Waals surface area (Å²) in [6.45, 7) is 0. The van der Waals surface area contributed by atoms with Crippen molar-refractivity contribution in [3.05, 3.63) is 72.6 Å². The van der Waals surface area contributed by atoms with E-state index in [0.717, 1.165) is 21.8 Å². The molecule has 0 saturated carbocycles. The van der Waals surface area contributed by atoms with E-state index in [0.29, 0.717) is 5.69 Å². The van der Waals surface area contributed by atoms with Crippen molar-refractivity contribution in [3.8, 4) is 10.6 Å². The molecule has 0 aliphatic rings. The Bertz CT molecular complexity index is 981. The number of amides is 1. The van der Waals surface area contributed by atoms with Gasteiger partial charge in [-0.05, 0) is 48.5 Å². The molecule has 1 amide bonds. The van der Waals surface area contributed by atoms with Gasteiger partial charge in [0.05, 0.1) is 10.2 Å².